The van der Waals surface area contributed by atoms with Gasteiger partial charge in [-0.1, -0.05) is 36.7 Å². The van der Waals surface area contributed by atoms with Crippen LogP contribution >= 0.6 is 11.3 Å². The Morgan fingerprint density at radius 2 is 2.04 bits per heavy atom. The van der Waals surface area contributed by atoms with Gasteiger partial charge in [0.1, 0.15) is 0 Å². The highest BCUT2D eigenvalue weighted by atomic mass is 32.2. The molecule has 9 nitrogen and oxygen atoms in total. The maximum atomic E-state index is 12.7. The summed E-state index contributed by atoms with van der Waals surface area (Å²) in [6.07, 6.45) is 6.39. The molecule has 1 aliphatic carbocycles. The van der Waals surface area contributed by atoms with Crippen LogP contribution in [-0.4, -0.2) is 61.1 Å². The zero-order valence-corrected chi connectivity index (χ0v) is 16.7. The number of carbonyl (C=O) groups is 2. The van der Waals surface area contributed by atoms with Gasteiger partial charge in [0, 0.05) is 12.8 Å². The van der Waals surface area contributed by atoms with E-state index in [0.29, 0.717) is 0 Å². The summed E-state index contributed by atoms with van der Waals surface area (Å²) in [5.41, 5.74) is 0. The number of nitrogens with zero attached hydrogens (tertiary/aromatic N) is 4. The quantitative estimate of drug-likeness (QED) is 0.397. The lowest BCUT2D eigenvalue weighted by atomic mass is 9.89. The second-order valence-electron chi connectivity index (χ2n) is 6.70. The summed E-state index contributed by atoms with van der Waals surface area (Å²) in [5.74, 6) is -0.490. The molecule has 0 N–H and O–H groups in total. The molecule has 148 valence electrons. The molecule has 1 saturated heterocycles. The van der Waals surface area contributed by atoms with Crippen molar-refractivity contribution in [3.8, 4) is 0 Å². The van der Waals surface area contributed by atoms with Gasteiger partial charge in [0.05, 0.1) is 12.5 Å². The second-order valence-corrected chi connectivity index (χ2v) is 9.84. The average molecular weight is 415 g/mol. The largest absolute Gasteiger partial charge is 0.439 e. The van der Waals surface area contributed by atoms with Crippen LogP contribution in [0.15, 0.2) is 17.0 Å². The van der Waals surface area contributed by atoms with E-state index >= 15 is 0 Å². The predicted octanol–water partition coefficient (Wildman–Crippen LogP) is 1.82. The lowest BCUT2D eigenvalue weighted by molar-refractivity contribution is -0.154. The third-order valence-corrected chi connectivity index (χ3v) is 7.19. The first kappa shape index (κ1) is 19.7. The minimum absolute atomic E-state index is 0.0911. The van der Waals surface area contributed by atoms with Gasteiger partial charge < -0.3 is 9.64 Å². The number of hydrogen-bond donors (Lipinski definition) is 0. The van der Waals surface area contributed by atoms with Gasteiger partial charge >= 0.3 is 12.0 Å². The third-order valence-electron chi connectivity index (χ3n) is 4.60. The number of hydrogen-bond acceptors (Lipinski definition) is 8. The molecule has 1 aromatic rings. The molecule has 2 heterocycles. The molecule has 2 amide bonds. The van der Waals surface area contributed by atoms with Crippen LogP contribution in [0, 0.1) is 5.92 Å². The van der Waals surface area contributed by atoms with Crippen LogP contribution < -0.4 is 4.90 Å². The number of anilines is 1. The molecular formula is C16H22N4O5S2. The van der Waals surface area contributed by atoms with Crippen molar-refractivity contribution in [2.24, 2.45) is 5.92 Å². The Balaban J connectivity index is 1.83. The van der Waals surface area contributed by atoms with E-state index in [9.17, 15) is 18.0 Å². The molecule has 3 rings (SSSR count). The molecule has 2 fully saturated rings. The lowest BCUT2D eigenvalue weighted by Crippen LogP contribution is -2.39. The molecule has 2 aliphatic rings. The standard InChI is InChI=1S/C16H22N4O5S2/c1-3-9-19-10-12(25-13(21)11-7-5-4-6-8-11)20(16(19)22)14-17-18-15(26-14)27(2,23)24/h3,11-12H,1,4-10H2,2H3. The van der Waals surface area contributed by atoms with E-state index in [-0.39, 0.29) is 34.4 Å². The predicted molar refractivity (Wildman–Crippen MR) is 99.1 cm³/mol. The van der Waals surface area contributed by atoms with Gasteiger partial charge in [0.15, 0.2) is 0 Å². The zero-order valence-electron chi connectivity index (χ0n) is 15.0. The minimum Gasteiger partial charge on any atom is -0.439 e. The average Bonchev–Trinajstić information content (AvgIpc) is 3.21. The summed E-state index contributed by atoms with van der Waals surface area (Å²) in [4.78, 5) is 27.9. The highest BCUT2D eigenvalue weighted by molar-refractivity contribution is 7.92. The lowest BCUT2D eigenvalue weighted by Gasteiger charge is -2.24. The molecule has 1 saturated carbocycles. The highest BCUT2D eigenvalue weighted by Crippen LogP contribution is 2.32. The Hall–Kier alpha value is -2.01. The topological polar surface area (TPSA) is 110 Å². The molecule has 27 heavy (non-hydrogen) atoms. The number of rotatable bonds is 6. The molecule has 1 aromatic heterocycles. The number of aromatic nitrogens is 2. The monoisotopic (exact) mass is 414 g/mol. The van der Waals surface area contributed by atoms with Crippen molar-refractivity contribution in [2.75, 3.05) is 24.2 Å². The van der Waals surface area contributed by atoms with Gasteiger partial charge in [0.25, 0.3) is 0 Å². The van der Waals surface area contributed by atoms with E-state index in [1.807, 2.05) is 0 Å². The zero-order chi connectivity index (χ0) is 19.6. The molecule has 11 heteroatoms. The Kier molecular flexibility index (Phi) is 5.80. The van der Waals surface area contributed by atoms with E-state index in [1.165, 1.54) is 9.80 Å². The fraction of sp³-hybridized carbons (Fsp3) is 0.625. The van der Waals surface area contributed by atoms with Gasteiger partial charge in [-0.05, 0) is 12.8 Å². The van der Waals surface area contributed by atoms with E-state index < -0.39 is 22.1 Å². The van der Waals surface area contributed by atoms with Crippen molar-refractivity contribution in [3.05, 3.63) is 12.7 Å². The third kappa shape index (κ3) is 4.29. The number of urea groups is 1. The van der Waals surface area contributed by atoms with Gasteiger partial charge in [-0.2, -0.15) is 0 Å². The summed E-state index contributed by atoms with van der Waals surface area (Å²) >= 11 is 0.778. The molecule has 1 atom stereocenters. The number of esters is 1. The van der Waals surface area contributed by atoms with Gasteiger partial charge in [-0.15, -0.1) is 16.8 Å². The molecular weight excluding hydrogens is 392 g/mol. The van der Waals surface area contributed by atoms with Crippen LogP contribution in [-0.2, 0) is 19.4 Å². The SMILES string of the molecule is C=CCN1CC(OC(=O)C2CCCCC2)N(c2nnc(S(C)(=O)=O)s2)C1=O. The van der Waals surface area contributed by atoms with Crippen LogP contribution in [0.1, 0.15) is 32.1 Å². The van der Waals surface area contributed by atoms with Crippen LogP contribution in [0.25, 0.3) is 0 Å². The first-order valence-electron chi connectivity index (χ1n) is 8.74. The Labute approximate surface area is 161 Å². The Morgan fingerprint density at radius 3 is 2.63 bits per heavy atom. The van der Waals surface area contributed by atoms with Crippen molar-refractivity contribution < 1.29 is 22.7 Å². The van der Waals surface area contributed by atoms with Gasteiger partial charge in [-0.25, -0.2) is 18.1 Å². The number of amides is 2. The fourth-order valence-electron chi connectivity index (χ4n) is 3.25. The van der Waals surface area contributed by atoms with Crippen molar-refractivity contribution in [2.45, 2.75) is 42.7 Å². The summed E-state index contributed by atoms with van der Waals surface area (Å²) in [6.45, 7) is 4.07. The van der Waals surface area contributed by atoms with Crippen LogP contribution in [0.4, 0.5) is 9.93 Å². The molecule has 0 spiro atoms. The highest BCUT2D eigenvalue weighted by Gasteiger charge is 2.43. The second kappa shape index (κ2) is 7.93. The van der Waals surface area contributed by atoms with E-state index in [0.717, 1.165) is 49.7 Å². The summed E-state index contributed by atoms with van der Waals surface area (Å²) < 4.78 is 28.8. The molecule has 0 radical (unpaired) electrons. The van der Waals surface area contributed by atoms with E-state index in [2.05, 4.69) is 16.8 Å². The number of carbonyl (C=O) groups excluding carboxylic acids is 2. The van der Waals surface area contributed by atoms with E-state index in [4.69, 9.17) is 4.74 Å². The smallest absolute Gasteiger partial charge is 0.329 e. The van der Waals surface area contributed by atoms with E-state index in [1.54, 1.807) is 6.08 Å². The van der Waals surface area contributed by atoms with Crippen molar-refractivity contribution >= 4 is 38.3 Å². The van der Waals surface area contributed by atoms with Crippen LogP contribution in [0.5, 0.6) is 0 Å². The molecule has 1 aliphatic heterocycles. The summed E-state index contributed by atoms with van der Waals surface area (Å²) in [5, 5.41) is 7.57. The van der Waals surface area contributed by atoms with Crippen LogP contribution in [0.2, 0.25) is 0 Å². The maximum absolute atomic E-state index is 12.7. The van der Waals surface area contributed by atoms with Crippen molar-refractivity contribution in [3.63, 3.8) is 0 Å². The Morgan fingerprint density at radius 1 is 1.33 bits per heavy atom. The summed E-state index contributed by atoms with van der Waals surface area (Å²) in [6, 6.07) is -0.424. The number of sulfone groups is 1. The first-order chi connectivity index (χ1) is 12.8. The normalized spacial score (nSPS) is 21.5. The molecule has 0 aromatic carbocycles. The van der Waals surface area contributed by atoms with Gasteiger partial charge in [0.2, 0.25) is 25.5 Å². The minimum atomic E-state index is -3.54. The fourth-order valence-corrected chi connectivity index (χ4v) is 4.88. The van der Waals surface area contributed by atoms with Gasteiger partial charge in [-0.3, -0.25) is 4.79 Å². The molecule has 0 bridgehead atoms. The van der Waals surface area contributed by atoms with Crippen molar-refractivity contribution in [1.29, 1.82) is 0 Å². The number of ether oxygens (including phenoxy) is 1. The van der Waals surface area contributed by atoms with Crippen LogP contribution in [0.3, 0.4) is 0 Å². The van der Waals surface area contributed by atoms with Crippen molar-refractivity contribution in [1.82, 2.24) is 15.1 Å². The first-order valence-corrected chi connectivity index (χ1v) is 11.4. The molecule has 1 unspecified atom stereocenters. The summed E-state index contributed by atoms with van der Waals surface area (Å²) in [7, 11) is -3.54. The maximum Gasteiger partial charge on any atom is 0.329 e. The Bertz CT molecular complexity index is 832.